The van der Waals surface area contributed by atoms with E-state index in [-0.39, 0.29) is 12.1 Å². The van der Waals surface area contributed by atoms with Gasteiger partial charge in [-0.2, -0.15) is 0 Å². The zero-order valence-corrected chi connectivity index (χ0v) is 10.9. The number of rotatable bonds is 3. The summed E-state index contributed by atoms with van der Waals surface area (Å²) in [7, 11) is 0. The molecule has 4 nitrogen and oxygen atoms in total. The largest absolute Gasteiger partial charge is 0.390 e. The highest BCUT2D eigenvalue weighted by Gasteiger charge is 2.32. The van der Waals surface area contributed by atoms with E-state index in [1.807, 2.05) is 38.1 Å². The standard InChI is InChI=1S/C14H20N2O2/c1-3-16(4-2)14(18)15-13-11-8-6-5-7-10(11)9-12(13)17/h5-8,12-13,17H,3-4,9H2,1-2H3,(H,15,18)/t12-,13+/m0/s1. The summed E-state index contributed by atoms with van der Waals surface area (Å²) in [6.45, 7) is 5.24. The molecule has 0 aromatic heterocycles. The molecule has 0 saturated carbocycles. The molecule has 0 radical (unpaired) electrons. The number of amides is 2. The smallest absolute Gasteiger partial charge is 0.317 e. The van der Waals surface area contributed by atoms with Crippen LogP contribution in [-0.4, -0.2) is 35.2 Å². The Hall–Kier alpha value is -1.55. The normalized spacial score (nSPS) is 21.5. The van der Waals surface area contributed by atoms with Gasteiger partial charge in [0.25, 0.3) is 0 Å². The average Bonchev–Trinajstić information content (AvgIpc) is 2.68. The lowest BCUT2D eigenvalue weighted by Crippen LogP contribution is -2.43. The van der Waals surface area contributed by atoms with Crippen molar-refractivity contribution in [3.8, 4) is 0 Å². The summed E-state index contributed by atoms with van der Waals surface area (Å²) < 4.78 is 0. The lowest BCUT2D eigenvalue weighted by atomic mass is 10.1. The number of nitrogens with zero attached hydrogens (tertiary/aromatic N) is 1. The third-order valence-electron chi connectivity index (χ3n) is 3.53. The molecule has 2 rings (SSSR count). The number of hydrogen-bond donors (Lipinski definition) is 2. The Balaban J connectivity index is 2.12. The molecule has 0 unspecified atom stereocenters. The number of aliphatic hydroxyl groups is 1. The maximum atomic E-state index is 12.0. The van der Waals surface area contributed by atoms with E-state index in [4.69, 9.17) is 0 Å². The molecule has 0 aliphatic heterocycles. The van der Waals surface area contributed by atoms with Crippen molar-refractivity contribution in [2.45, 2.75) is 32.4 Å². The fraction of sp³-hybridized carbons (Fsp3) is 0.500. The molecule has 0 heterocycles. The van der Waals surface area contributed by atoms with Gasteiger partial charge in [-0.25, -0.2) is 4.79 Å². The van der Waals surface area contributed by atoms with E-state index in [9.17, 15) is 9.90 Å². The van der Waals surface area contributed by atoms with Crippen LogP contribution in [0.3, 0.4) is 0 Å². The van der Waals surface area contributed by atoms with Crippen molar-refractivity contribution in [2.75, 3.05) is 13.1 Å². The number of urea groups is 1. The molecule has 1 aromatic carbocycles. The quantitative estimate of drug-likeness (QED) is 0.855. The zero-order valence-electron chi connectivity index (χ0n) is 10.9. The van der Waals surface area contributed by atoms with Gasteiger partial charge in [0.15, 0.2) is 0 Å². The number of benzene rings is 1. The second-order valence-corrected chi connectivity index (χ2v) is 4.57. The fourth-order valence-corrected chi connectivity index (χ4v) is 2.48. The average molecular weight is 248 g/mol. The van der Waals surface area contributed by atoms with Crippen molar-refractivity contribution in [3.05, 3.63) is 35.4 Å². The van der Waals surface area contributed by atoms with Crippen molar-refractivity contribution in [1.82, 2.24) is 10.2 Å². The Bertz CT molecular complexity index is 430. The number of nitrogens with one attached hydrogen (secondary N) is 1. The van der Waals surface area contributed by atoms with Gasteiger partial charge in [-0.05, 0) is 25.0 Å². The molecule has 0 saturated heterocycles. The number of fused-ring (bicyclic) bond motifs is 1. The van der Waals surface area contributed by atoms with Crippen LogP contribution in [0.25, 0.3) is 0 Å². The molecular weight excluding hydrogens is 228 g/mol. The van der Waals surface area contributed by atoms with Crippen LogP contribution >= 0.6 is 0 Å². The molecule has 2 N–H and O–H groups in total. The molecule has 1 aromatic rings. The highest BCUT2D eigenvalue weighted by Crippen LogP contribution is 2.31. The molecule has 4 heteroatoms. The van der Waals surface area contributed by atoms with Crippen molar-refractivity contribution in [2.24, 2.45) is 0 Å². The topological polar surface area (TPSA) is 52.6 Å². The summed E-state index contributed by atoms with van der Waals surface area (Å²) >= 11 is 0. The van der Waals surface area contributed by atoms with Crippen molar-refractivity contribution in [1.29, 1.82) is 0 Å². The molecule has 0 spiro atoms. The first-order valence-electron chi connectivity index (χ1n) is 6.48. The van der Waals surface area contributed by atoms with Gasteiger partial charge in [0.2, 0.25) is 0 Å². The van der Waals surface area contributed by atoms with E-state index in [1.54, 1.807) is 4.90 Å². The van der Waals surface area contributed by atoms with E-state index in [0.29, 0.717) is 19.5 Å². The monoisotopic (exact) mass is 248 g/mol. The van der Waals surface area contributed by atoms with Gasteiger partial charge in [0.05, 0.1) is 12.1 Å². The Morgan fingerprint density at radius 2 is 2.06 bits per heavy atom. The first-order valence-corrected chi connectivity index (χ1v) is 6.48. The summed E-state index contributed by atoms with van der Waals surface area (Å²) in [6.07, 6.45) is 0.0845. The van der Waals surface area contributed by atoms with Crippen LogP contribution in [0.5, 0.6) is 0 Å². The maximum absolute atomic E-state index is 12.0. The SMILES string of the molecule is CCN(CC)C(=O)N[C@@H]1c2ccccc2C[C@@H]1O. The van der Waals surface area contributed by atoms with E-state index in [1.165, 1.54) is 0 Å². The van der Waals surface area contributed by atoms with Crippen molar-refractivity contribution < 1.29 is 9.90 Å². The second kappa shape index (κ2) is 5.40. The highest BCUT2D eigenvalue weighted by atomic mass is 16.3. The van der Waals surface area contributed by atoms with Crippen LogP contribution in [0.1, 0.15) is 31.0 Å². The third kappa shape index (κ3) is 2.34. The summed E-state index contributed by atoms with van der Waals surface area (Å²) in [5.74, 6) is 0. The molecule has 18 heavy (non-hydrogen) atoms. The Morgan fingerprint density at radius 1 is 1.39 bits per heavy atom. The molecule has 0 bridgehead atoms. The van der Waals surface area contributed by atoms with Gasteiger partial charge in [-0.1, -0.05) is 24.3 Å². The van der Waals surface area contributed by atoms with Crippen LogP contribution in [0, 0.1) is 0 Å². The van der Waals surface area contributed by atoms with E-state index >= 15 is 0 Å². The Labute approximate surface area is 108 Å². The minimum atomic E-state index is -0.526. The number of aliphatic hydroxyl groups excluding tert-OH is 1. The predicted molar refractivity (Wildman–Crippen MR) is 70.3 cm³/mol. The molecule has 1 aliphatic rings. The van der Waals surface area contributed by atoms with Crippen LogP contribution in [0.15, 0.2) is 24.3 Å². The summed E-state index contributed by atoms with van der Waals surface area (Å²) in [5.41, 5.74) is 2.15. The van der Waals surface area contributed by atoms with Gasteiger partial charge in [0, 0.05) is 19.5 Å². The van der Waals surface area contributed by atoms with Gasteiger partial charge < -0.3 is 15.3 Å². The first-order chi connectivity index (χ1) is 8.67. The molecule has 2 amide bonds. The highest BCUT2D eigenvalue weighted by molar-refractivity contribution is 5.75. The molecule has 1 aliphatic carbocycles. The zero-order chi connectivity index (χ0) is 13.1. The van der Waals surface area contributed by atoms with Crippen molar-refractivity contribution in [3.63, 3.8) is 0 Å². The lowest BCUT2D eigenvalue weighted by molar-refractivity contribution is 0.135. The van der Waals surface area contributed by atoms with E-state index in [0.717, 1.165) is 11.1 Å². The van der Waals surface area contributed by atoms with E-state index < -0.39 is 6.10 Å². The summed E-state index contributed by atoms with van der Waals surface area (Å²) in [6, 6.07) is 7.48. The van der Waals surface area contributed by atoms with Crippen LogP contribution in [0.2, 0.25) is 0 Å². The molecule has 98 valence electrons. The summed E-state index contributed by atoms with van der Waals surface area (Å²) in [4.78, 5) is 13.7. The van der Waals surface area contributed by atoms with Gasteiger partial charge in [0.1, 0.15) is 0 Å². The molecule has 2 atom stereocenters. The molecule has 0 fully saturated rings. The van der Waals surface area contributed by atoms with Gasteiger partial charge >= 0.3 is 6.03 Å². The second-order valence-electron chi connectivity index (χ2n) is 4.57. The minimum absolute atomic E-state index is 0.110. The number of carbonyl (C=O) groups is 1. The molecular formula is C14H20N2O2. The van der Waals surface area contributed by atoms with Crippen molar-refractivity contribution >= 4 is 6.03 Å². The van der Waals surface area contributed by atoms with Gasteiger partial charge in [-0.15, -0.1) is 0 Å². The Kier molecular flexibility index (Phi) is 3.87. The van der Waals surface area contributed by atoms with Crippen LogP contribution in [-0.2, 0) is 6.42 Å². The minimum Gasteiger partial charge on any atom is -0.390 e. The third-order valence-corrected chi connectivity index (χ3v) is 3.53. The maximum Gasteiger partial charge on any atom is 0.317 e. The Morgan fingerprint density at radius 3 is 2.72 bits per heavy atom. The number of hydrogen-bond acceptors (Lipinski definition) is 2. The lowest BCUT2D eigenvalue weighted by Gasteiger charge is -2.24. The number of carbonyl (C=O) groups excluding carboxylic acids is 1. The van der Waals surface area contributed by atoms with Gasteiger partial charge in [-0.3, -0.25) is 0 Å². The summed E-state index contributed by atoms with van der Waals surface area (Å²) in [5, 5.41) is 13.0. The first kappa shape index (κ1) is 12.9. The van der Waals surface area contributed by atoms with E-state index in [2.05, 4.69) is 5.32 Å². The van der Waals surface area contributed by atoms with Crippen LogP contribution < -0.4 is 5.32 Å². The predicted octanol–water partition coefficient (Wildman–Crippen LogP) is 1.70. The van der Waals surface area contributed by atoms with Crippen LogP contribution in [0.4, 0.5) is 4.79 Å². The fourth-order valence-electron chi connectivity index (χ4n) is 2.48.